The zero-order valence-electron chi connectivity index (χ0n) is 10.2. The van der Waals surface area contributed by atoms with E-state index in [9.17, 15) is 4.79 Å². The molecule has 0 heterocycles. The van der Waals surface area contributed by atoms with Gasteiger partial charge in [-0.1, -0.05) is 44.1 Å². The van der Waals surface area contributed by atoms with E-state index in [0.29, 0.717) is 5.56 Å². The molecular weight excluding hydrogens is 212 g/mol. The first-order valence-electron chi connectivity index (χ1n) is 6.06. The van der Waals surface area contributed by atoms with Crippen molar-refractivity contribution in [2.24, 2.45) is 0 Å². The number of carbonyl (C=O) groups is 1. The highest BCUT2D eigenvalue weighted by Crippen LogP contribution is 2.05. The van der Waals surface area contributed by atoms with Crippen molar-refractivity contribution in [1.82, 2.24) is 0 Å². The summed E-state index contributed by atoms with van der Waals surface area (Å²) in [5.41, 5.74) is 1.07. The van der Waals surface area contributed by atoms with Crippen LogP contribution in [0.4, 0.5) is 0 Å². The molecule has 0 aromatic heterocycles. The lowest BCUT2D eigenvalue weighted by Crippen LogP contribution is -1.95. The predicted octanol–water partition coefficient (Wildman–Crippen LogP) is 3.71. The molecule has 0 saturated carbocycles. The first-order valence-corrected chi connectivity index (χ1v) is 6.06. The van der Waals surface area contributed by atoms with Crippen LogP contribution >= 0.6 is 0 Å². The summed E-state index contributed by atoms with van der Waals surface area (Å²) >= 11 is 0. The van der Waals surface area contributed by atoms with Crippen LogP contribution in [0.1, 0.15) is 54.9 Å². The molecule has 0 amide bonds. The summed E-state index contributed by atoms with van der Waals surface area (Å²) in [6, 6.07) is 6.76. The molecule has 1 aromatic carbocycles. The van der Waals surface area contributed by atoms with Crippen molar-refractivity contribution in [3.63, 3.8) is 0 Å². The second kappa shape index (κ2) is 7.51. The van der Waals surface area contributed by atoms with Crippen LogP contribution in [-0.2, 0) is 0 Å². The standard InChI is InChI=1S/C15H18O2/c1-2-3-4-5-6-7-9-13-10-8-11-14(12-13)15(16)17/h8,10-12H,2-6H2,1H3,(H,16,17). The summed E-state index contributed by atoms with van der Waals surface area (Å²) in [4.78, 5) is 10.8. The number of carboxylic acids is 1. The molecule has 0 aliphatic carbocycles. The maximum atomic E-state index is 10.8. The summed E-state index contributed by atoms with van der Waals surface area (Å²) in [6.45, 7) is 2.18. The van der Waals surface area contributed by atoms with Crippen LogP contribution in [0.5, 0.6) is 0 Å². The maximum absolute atomic E-state index is 10.8. The van der Waals surface area contributed by atoms with Gasteiger partial charge in [0.2, 0.25) is 0 Å². The number of benzene rings is 1. The molecule has 0 atom stereocenters. The van der Waals surface area contributed by atoms with Gasteiger partial charge < -0.3 is 5.11 Å². The fraction of sp³-hybridized carbons (Fsp3) is 0.400. The molecule has 17 heavy (non-hydrogen) atoms. The first-order chi connectivity index (χ1) is 8.24. The van der Waals surface area contributed by atoms with E-state index >= 15 is 0 Å². The normalized spacial score (nSPS) is 9.47. The van der Waals surface area contributed by atoms with E-state index < -0.39 is 5.97 Å². The van der Waals surface area contributed by atoms with Crippen LogP contribution < -0.4 is 0 Å². The lowest BCUT2D eigenvalue weighted by atomic mass is 10.1. The van der Waals surface area contributed by atoms with Gasteiger partial charge in [0.05, 0.1) is 5.56 Å². The molecule has 0 aliphatic rings. The molecule has 0 aliphatic heterocycles. The zero-order chi connectivity index (χ0) is 12.5. The molecule has 1 aromatic rings. The highest BCUT2D eigenvalue weighted by Gasteiger charge is 2.00. The first kappa shape index (κ1) is 13.3. The Kier molecular flexibility index (Phi) is 5.88. The SMILES string of the molecule is CCCCCCC#Cc1cccc(C(=O)O)c1. The van der Waals surface area contributed by atoms with Crippen molar-refractivity contribution >= 4 is 5.97 Å². The van der Waals surface area contributed by atoms with Crippen molar-refractivity contribution in [2.45, 2.75) is 39.0 Å². The van der Waals surface area contributed by atoms with Gasteiger partial charge in [0, 0.05) is 12.0 Å². The Morgan fingerprint density at radius 1 is 1.29 bits per heavy atom. The van der Waals surface area contributed by atoms with Crippen LogP contribution in [0.25, 0.3) is 0 Å². The zero-order valence-corrected chi connectivity index (χ0v) is 10.2. The van der Waals surface area contributed by atoms with Crippen LogP contribution in [0.15, 0.2) is 24.3 Å². The molecule has 0 fully saturated rings. The second-order valence-corrected chi connectivity index (χ2v) is 4.00. The summed E-state index contributed by atoms with van der Waals surface area (Å²) in [6.07, 6.45) is 5.72. The molecule has 0 radical (unpaired) electrons. The van der Waals surface area contributed by atoms with E-state index in [1.54, 1.807) is 18.2 Å². The van der Waals surface area contributed by atoms with Crippen molar-refractivity contribution in [3.05, 3.63) is 35.4 Å². The van der Waals surface area contributed by atoms with Crippen molar-refractivity contribution in [1.29, 1.82) is 0 Å². The Morgan fingerprint density at radius 3 is 2.82 bits per heavy atom. The van der Waals surface area contributed by atoms with E-state index in [-0.39, 0.29) is 0 Å². The highest BCUT2D eigenvalue weighted by molar-refractivity contribution is 5.87. The third-order valence-corrected chi connectivity index (χ3v) is 2.50. The van der Waals surface area contributed by atoms with Crippen LogP contribution in [0.3, 0.4) is 0 Å². The van der Waals surface area contributed by atoms with Crippen molar-refractivity contribution in [2.75, 3.05) is 0 Å². The lowest BCUT2D eigenvalue weighted by molar-refractivity contribution is 0.0697. The Bertz CT molecular complexity index is 424. The number of carboxylic acid groups (broad SMARTS) is 1. The smallest absolute Gasteiger partial charge is 0.335 e. The molecule has 1 N–H and O–H groups in total. The number of rotatable bonds is 5. The van der Waals surface area contributed by atoms with Crippen LogP contribution in [0.2, 0.25) is 0 Å². The van der Waals surface area contributed by atoms with Crippen LogP contribution in [-0.4, -0.2) is 11.1 Å². The molecule has 1 rings (SSSR count). The van der Waals surface area contributed by atoms with E-state index in [1.807, 2.05) is 6.07 Å². The summed E-state index contributed by atoms with van der Waals surface area (Å²) in [5.74, 6) is 5.18. The van der Waals surface area contributed by atoms with Crippen LogP contribution in [0, 0.1) is 11.8 Å². The Morgan fingerprint density at radius 2 is 2.12 bits per heavy atom. The molecule has 0 unspecified atom stereocenters. The monoisotopic (exact) mass is 230 g/mol. The molecule has 0 spiro atoms. The lowest BCUT2D eigenvalue weighted by Gasteiger charge is -1.95. The summed E-state index contributed by atoms with van der Waals surface area (Å²) in [7, 11) is 0. The fourth-order valence-corrected chi connectivity index (χ4v) is 1.53. The highest BCUT2D eigenvalue weighted by atomic mass is 16.4. The van der Waals surface area contributed by atoms with Crippen molar-refractivity contribution in [3.8, 4) is 11.8 Å². The number of hydrogen-bond acceptors (Lipinski definition) is 1. The number of aromatic carboxylic acids is 1. The summed E-state index contributed by atoms with van der Waals surface area (Å²) < 4.78 is 0. The maximum Gasteiger partial charge on any atom is 0.335 e. The summed E-state index contributed by atoms with van der Waals surface area (Å²) in [5, 5.41) is 8.83. The van der Waals surface area contributed by atoms with E-state index in [1.165, 1.54) is 19.3 Å². The van der Waals surface area contributed by atoms with Gasteiger partial charge in [-0.05, 0) is 24.6 Å². The minimum atomic E-state index is -0.906. The molecule has 2 heteroatoms. The predicted molar refractivity (Wildman–Crippen MR) is 69.0 cm³/mol. The Balaban J connectivity index is 2.48. The second-order valence-electron chi connectivity index (χ2n) is 4.00. The van der Waals surface area contributed by atoms with Gasteiger partial charge in [-0.15, -0.1) is 0 Å². The van der Waals surface area contributed by atoms with Gasteiger partial charge in [-0.3, -0.25) is 0 Å². The molecule has 90 valence electrons. The molecule has 2 nitrogen and oxygen atoms in total. The van der Waals surface area contributed by atoms with Gasteiger partial charge >= 0.3 is 5.97 Å². The third kappa shape index (κ3) is 5.21. The molecular formula is C15H18O2. The van der Waals surface area contributed by atoms with E-state index in [0.717, 1.165) is 18.4 Å². The van der Waals surface area contributed by atoms with E-state index in [2.05, 4.69) is 18.8 Å². The van der Waals surface area contributed by atoms with Gasteiger partial charge in [0.25, 0.3) is 0 Å². The Labute approximate surface area is 103 Å². The molecule has 0 bridgehead atoms. The average Bonchev–Trinajstić information content (AvgIpc) is 2.34. The van der Waals surface area contributed by atoms with E-state index in [4.69, 9.17) is 5.11 Å². The van der Waals surface area contributed by atoms with Gasteiger partial charge in [-0.2, -0.15) is 0 Å². The topological polar surface area (TPSA) is 37.3 Å². The minimum Gasteiger partial charge on any atom is -0.478 e. The largest absolute Gasteiger partial charge is 0.478 e. The average molecular weight is 230 g/mol. The quantitative estimate of drug-likeness (QED) is 0.618. The number of unbranched alkanes of at least 4 members (excludes halogenated alkanes) is 4. The third-order valence-electron chi connectivity index (χ3n) is 2.50. The van der Waals surface area contributed by atoms with Gasteiger partial charge in [-0.25, -0.2) is 4.79 Å². The number of hydrogen-bond donors (Lipinski definition) is 1. The molecule has 0 saturated heterocycles. The van der Waals surface area contributed by atoms with Gasteiger partial charge in [0.1, 0.15) is 0 Å². The van der Waals surface area contributed by atoms with Crippen molar-refractivity contribution < 1.29 is 9.90 Å². The fourth-order valence-electron chi connectivity index (χ4n) is 1.53. The minimum absolute atomic E-state index is 0.294. The van der Waals surface area contributed by atoms with Gasteiger partial charge in [0.15, 0.2) is 0 Å². The Hall–Kier alpha value is -1.75.